The number of hydrogen-bond acceptors (Lipinski definition) is 3. The SMILES string of the molecule is COC1CCCCC1(C#N)OC(C)C. The molecule has 14 heavy (non-hydrogen) atoms. The standard InChI is InChI=1S/C11H19NO2/c1-9(2)14-11(8-12)7-5-4-6-10(11)13-3/h9-10H,4-7H2,1-3H3. The van der Waals surface area contributed by atoms with Crippen LogP contribution >= 0.6 is 0 Å². The van der Waals surface area contributed by atoms with Crippen LogP contribution in [0.15, 0.2) is 0 Å². The highest BCUT2D eigenvalue weighted by molar-refractivity contribution is 5.09. The highest BCUT2D eigenvalue weighted by Crippen LogP contribution is 2.34. The third-order valence-corrected chi connectivity index (χ3v) is 2.70. The molecule has 1 fully saturated rings. The van der Waals surface area contributed by atoms with E-state index in [1.54, 1.807) is 7.11 Å². The molecule has 0 amide bonds. The molecule has 0 bridgehead atoms. The Labute approximate surface area is 86.0 Å². The minimum absolute atomic E-state index is 0.0661. The average Bonchev–Trinajstić information content (AvgIpc) is 2.17. The van der Waals surface area contributed by atoms with E-state index in [0.717, 1.165) is 25.7 Å². The van der Waals surface area contributed by atoms with Crippen LogP contribution in [-0.4, -0.2) is 24.9 Å². The van der Waals surface area contributed by atoms with Gasteiger partial charge in [0.15, 0.2) is 5.60 Å². The quantitative estimate of drug-likeness (QED) is 0.697. The van der Waals surface area contributed by atoms with E-state index < -0.39 is 5.60 Å². The topological polar surface area (TPSA) is 42.2 Å². The fourth-order valence-corrected chi connectivity index (χ4v) is 2.13. The second-order valence-electron chi connectivity index (χ2n) is 4.14. The molecule has 1 rings (SSSR count). The first kappa shape index (κ1) is 11.5. The summed E-state index contributed by atoms with van der Waals surface area (Å²) in [5, 5.41) is 9.24. The van der Waals surface area contributed by atoms with Gasteiger partial charge < -0.3 is 9.47 Å². The van der Waals surface area contributed by atoms with Crippen molar-refractivity contribution in [2.75, 3.05) is 7.11 Å². The summed E-state index contributed by atoms with van der Waals surface area (Å²) >= 11 is 0. The van der Waals surface area contributed by atoms with Crippen molar-refractivity contribution >= 4 is 0 Å². The van der Waals surface area contributed by atoms with Crippen molar-refractivity contribution in [3.8, 4) is 6.07 Å². The lowest BCUT2D eigenvalue weighted by Crippen LogP contribution is -2.48. The lowest BCUT2D eigenvalue weighted by Gasteiger charge is -2.38. The minimum atomic E-state index is -0.707. The highest BCUT2D eigenvalue weighted by Gasteiger charge is 2.43. The van der Waals surface area contributed by atoms with Crippen molar-refractivity contribution in [2.24, 2.45) is 0 Å². The van der Waals surface area contributed by atoms with Crippen molar-refractivity contribution in [3.63, 3.8) is 0 Å². The Balaban J connectivity index is 2.77. The van der Waals surface area contributed by atoms with Crippen LogP contribution in [-0.2, 0) is 9.47 Å². The van der Waals surface area contributed by atoms with E-state index in [9.17, 15) is 5.26 Å². The van der Waals surface area contributed by atoms with E-state index in [-0.39, 0.29) is 12.2 Å². The summed E-state index contributed by atoms with van der Waals surface area (Å²) in [5.74, 6) is 0. The summed E-state index contributed by atoms with van der Waals surface area (Å²) in [4.78, 5) is 0. The molecule has 1 aliphatic rings. The summed E-state index contributed by atoms with van der Waals surface area (Å²) in [7, 11) is 1.66. The molecule has 1 aliphatic carbocycles. The molecule has 1 saturated carbocycles. The number of rotatable bonds is 3. The monoisotopic (exact) mass is 197 g/mol. The molecule has 0 aromatic carbocycles. The van der Waals surface area contributed by atoms with Gasteiger partial charge in [-0.2, -0.15) is 5.26 Å². The van der Waals surface area contributed by atoms with Crippen LogP contribution in [0.25, 0.3) is 0 Å². The molecule has 3 nitrogen and oxygen atoms in total. The lowest BCUT2D eigenvalue weighted by molar-refractivity contribution is -0.141. The van der Waals surface area contributed by atoms with Crippen molar-refractivity contribution in [1.82, 2.24) is 0 Å². The molecule has 0 heterocycles. The van der Waals surface area contributed by atoms with Gasteiger partial charge in [0.1, 0.15) is 6.07 Å². The molecule has 0 N–H and O–H groups in total. The zero-order valence-electron chi connectivity index (χ0n) is 9.25. The van der Waals surface area contributed by atoms with Crippen molar-refractivity contribution < 1.29 is 9.47 Å². The first-order chi connectivity index (χ1) is 6.64. The summed E-state index contributed by atoms with van der Waals surface area (Å²) in [5.41, 5.74) is -0.707. The van der Waals surface area contributed by atoms with E-state index in [4.69, 9.17) is 9.47 Å². The van der Waals surface area contributed by atoms with Gasteiger partial charge in [0.2, 0.25) is 0 Å². The maximum Gasteiger partial charge on any atom is 0.180 e. The van der Waals surface area contributed by atoms with Crippen LogP contribution in [0.3, 0.4) is 0 Å². The van der Waals surface area contributed by atoms with Crippen LogP contribution in [0.2, 0.25) is 0 Å². The maximum absolute atomic E-state index is 9.24. The Bertz CT molecular complexity index is 222. The fraction of sp³-hybridized carbons (Fsp3) is 0.909. The summed E-state index contributed by atoms with van der Waals surface area (Å²) in [6.07, 6.45) is 3.91. The maximum atomic E-state index is 9.24. The Kier molecular flexibility index (Phi) is 3.91. The first-order valence-corrected chi connectivity index (χ1v) is 5.26. The lowest BCUT2D eigenvalue weighted by atomic mass is 9.83. The smallest absolute Gasteiger partial charge is 0.180 e. The first-order valence-electron chi connectivity index (χ1n) is 5.26. The zero-order valence-corrected chi connectivity index (χ0v) is 9.25. The molecular weight excluding hydrogens is 178 g/mol. The van der Waals surface area contributed by atoms with Gasteiger partial charge in [-0.25, -0.2) is 0 Å². The van der Waals surface area contributed by atoms with Crippen LogP contribution in [0.5, 0.6) is 0 Å². The fourth-order valence-electron chi connectivity index (χ4n) is 2.13. The van der Waals surface area contributed by atoms with Gasteiger partial charge in [0, 0.05) is 7.11 Å². The van der Waals surface area contributed by atoms with E-state index in [1.165, 1.54) is 0 Å². The molecule has 0 spiro atoms. The highest BCUT2D eigenvalue weighted by atomic mass is 16.6. The summed E-state index contributed by atoms with van der Waals surface area (Å²) in [6, 6.07) is 2.30. The second-order valence-corrected chi connectivity index (χ2v) is 4.14. The normalized spacial score (nSPS) is 32.9. The van der Waals surface area contributed by atoms with Crippen LogP contribution in [0, 0.1) is 11.3 Å². The van der Waals surface area contributed by atoms with Gasteiger partial charge in [-0.1, -0.05) is 6.42 Å². The predicted octanol–water partition coefficient (Wildman–Crippen LogP) is 2.26. The third-order valence-electron chi connectivity index (χ3n) is 2.70. The molecule has 0 radical (unpaired) electrons. The average molecular weight is 197 g/mol. The number of ether oxygens (including phenoxy) is 2. The minimum Gasteiger partial charge on any atom is -0.377 e. The summed E-state index contributed by atoms with van der Waals surface area (Å²) in [6.45, 7) is 3.92. The Hall–Kier alpha value is -0.590. The Morgan fingerprint density at radius 1 is 1.43 bits per heavy atom. The second kappa shape index (κ2) is 4.77. The van der Waals surface area contributed by atoms with Crippen molar-refractivity contribution in [1.29, 1.82) is 5.26 Å². The molecule has 0 saturated heterocycles. The predicted molar refractivity (Wildman–Crippen MR) is 53.8 cm³/mol. The number of nitriles is 1. The molecule has 0 aromatic rings. The van der Waals surface area contributed by atoms with Crippen molar-refractivity contribution in [3.05, 3.63) is 0 Å². The van der Waals surface area contributed by atoms with Gasteiger partial charge in [0.05, 0.1) is 12.2 Å². The molecule has 2 atom stereocenters. The van der Waals surface area contributed by atoms with E-state index in [1.807, 2.05) is 13.8 Å². The van der Waals surface area contributed by atoms with Gasteiger partial charge in [-0.3, -0.25) is 0 Å². The van der Waals surface area contributed by atoms with Gasteiger partial charge >= 0.3 is 0 Å². The van der Waals surface area contributed by atoms with Crippen LogP contribution in [0.1, 0.15) is 39.5 Å². The summed E-state index contributed by atoms with van der Waals surface area (Å²) < 4.78 is 11.1. The Morgan fingerprint density at radius 2 is 2.14 bits per heavy atom. The number of nitrogens with zero attached hydrogens (tertiary/aromatic N) is 1. The van der Waals surface area contributed by atoms with Gasteiger partial charge in [-0.05, 0) is 33.1 Å². The van der Waals surface area contributed by atoms with Crippen molar-refractivity contribution in [2.45, 2.75) is 57.3 Å². The van der Waals surface area contributed by atoms with Crippen LogP contribution < -0.4 is 0 Å². The molecular formula is C11H19NO2. The molecule has 0 aliphatic heterocycles. The van der Waals surface area contributed by atoms with Gasteiger partial charge in [-0.15, -0.1) is 0 Å². The van der Waals surface area contributed by atoms with E-state index >= 15 is 0 Å². The van der Waals surface area contributed by atoms with Gasteiger partial charge in [0.25, 0.3) is 0 Å². The largest absolute Gasteiger partial charge is 0.377 e. The Morgan fingerprint density at radius 3 is 2.64 bits per heavy atom. The van der Waals surface area contributed by atoms with Crippen LogP contribution in [0.4, 0.5) is 0 Å². The number of methoxy groups -OCH3 is 1. The zero-order chi connectivity index (χ0) is 10.6. The molecule has 80 valence electrons. The third kappa shape index (κ3) is 2.26. The molecule has 0 aromatic heterocycles. The molecule has 3 heteroatoms. The van der Waals surface area contributed by atoms with E-state index in [0.29, 0.717) is 0 Å². The van der Waals surface area contributed by atoms with E-state index in [2.05, 4.69) is 6.07 Å². The number of hydrogen-bond donors (Lipinski definition) is 0. The molecule has 2 unspecified atom stereocenters.